The summed E-state index contributed by atoms with van der Waals surface area (Å²) in [5.41, 5.74) is -0.0485. The van der Waals surface area contributed by atoms with Crippen LogP contribution in [0, 0.1) is 5.82 Å². The molecule has 22 heavy (non-hydrogen) atoms. The molecule has 8 heteroatoms. The standard InChI is InChI=1S/C14H16ClFN2O4/c1-3-17-13(20)8(2)18-12(19)7-22-14(21)10-5-4-9(16)6-11(10)15/h4-6,8H,3,7H2,1-2H3,(H,17,20)(H,18,19)/t8-/m1/s1. The molecular weight excluding hydrogens is 315 g/mol. The molecule has 0 radical (unpaired) electrons. The van der Waals surface area contributed by atoms with Crippen LogP contribution in [0.15, 0.2) is 18.2 Å². The first kappa shape index (κ1) is 17.9. The number of benzene rings is 1. The highest BCUT2D eigenvalue weighted by Gasteiger charge is 2.17. The Balaban J connectivity index is 2.50. The number of rotatable bonds is 6. The molecule has 0 aliphatic carbocycles. The summed E-state index contributed by atoms with van der Waals surface area (Å²) in [7, 11) is 0. The summed E-state index contributed by atoms with van der Waals surface area (Å²) >= 11 is 5.71. The van der Waals surface area contributed by atoms with Gasteiger partial charge in [-0.15, -0.1) is 0 Å². The molecule has 0 bridgehead atoms. The SMILES string of the molecule is CCNC(=O)[C@@H](C)NC(=O)COC(=O)c1ccc(F)cc1Cl. The molecular formula is C14H16ClFN2O4. The van der Waals surface area contributed by atoms with Gasteiger partial charge in [0.1, 0.15) is 11.9 Å². The number of esters is 1. The van der Waals surface area contributed by atoms with Crippen molar-refractivity contribution in [3.63, 3.8) is 0 Å². The van der Waals surface area contributed by atoms with E-state index in [0.717, 1.165) is 18.2 Å². The largest absolute Gasteiger partial charge is 0.452 e. The maximum absolute atomic E-state index is 12.9. The van der Waals surface area contributed by atoms with Crippen LogP contribution in [0.2, 0.25) is 5.02 Å². The smallest absolute Gasteiger partial charge is 0.340 e. The molecule has 1 aromatic carbocycles. The molecule has 0 spiro atoms. The van der Waals surface area contributed by atoms with Crippen LogP contribution in [0.1, 0.15) is 24.2 Å². The van der Waals surface area contributed by atoms with Crippen molar-refractivity contribution in [2.45, 2.75) is 19.9 Å². The minimum absolute atomic E-state index is 0.0485. The Morgan fingerprint density at radius 2 is 2.05 bits per heavy atom. The van der Waals surface area contributed by atoms with Crippen molar-refractivity contribution < 1.29 is 23.5 Å². The van der Waals surface area contributed by atoms with Crippen LogP contribution in [0.3, 0.4) is 0 Å². The van der Waals surface area contributed by atoms with Crippen LogP contribution < -0.4 is 10.6 Å². The minimum Gasteiger partial charge on any atom is -0.452 e. The second kappa shape index (κ2) is 8.33. The molecule has 1 rings (SSSR count). The summed E-state index contributed by atoms with van der Waals surface area (Å²) in [4.78, 5) is 34.7. The van der Waals surface area contributed by atoms with E-state index in [-0.39, 0.29) is 16.5 Å². The van der Waals surface area contributed by atoms with E-state index in [9.17, 15) is 18.8 Å². The van der Waals surface area contributed by atoms with E-state index >= 15 is 0 Å². The summed E-state index contributed by atoms with van der Waals surface area (Å²) in [5.74, 6) is -2.42. The first-order valence-electron chi connectivity index (χ1n) is 6.54. The van der Waals surface area contributed by atoms with E-state index in [1.807, 2.05) is 0 Å². The average molecular weight is 331 g/mol. The molecule has 1 atom stereocenters. The Hall–Kier alpha value is -2.15. The monoisotopic (exact) mass is 330 g/mol. The Kier molecular flexibility index (Phi) is 6.78. The van der Waals surface area contributed by atoms with Crippen LogP contribution in [0.4, 0.5) is 4.39 Å². The number of nitrogens with one attached hydrogen (secondary N) is 2. The first-order valence-corrected chi connectivity index (χ1v) is 6.92. The van der Waals surface area contributed by atoms with E-state index in [4.69, 9.17) is 16.3 Å². The lowest BCUT2D eigenvalue weighted by atomic mass is 10.2. The van der Waals surface area contributed by atoms with Gasteiger partial charge in [0.2, 0.25) is 5.91 Å². The summed E-state index contributed by atoms with van der Waals surface area (Å²) in [6.45, 7) is 3.12. The Labute approximate surface area is 132 Å². The second-order valence-electron chi connectivity index (χ2n) is 4.38. The molecule has 0 saturated heterocycles. The zero-order valence-corrected chi connectivity index (χ0v) is 12.9. The maximum Gasteiger partial charge on any atom is 0.340 e. The number of carbonyl (C=O) groups excluding carboxylic acids is 3. The zero-order valence-electron chi connectivity index (χ0n) is 12.1. The minimum atomic E-state index is -0.856. The van der Waals surface area contributed by atoms with Crippen molar-refractivity contribution in [3.8, 4) is 0 Å². The number of likely N-dealkylation sites (N-methyl/N-ethyl adjacent to an activating group) is 1. The summed E-state index contributed by atoms with van der Waals surface area (Å²) in [6.07, 6.45) is 0. The van der Waals surface area contributed by atoms with Gasteiger partial charge in [0.15, 0.2) is 6.61 Å². The summed E-state index contributed by atoms with van der Waals surface area (Å²) < 4.78 is 17.6. The molecule has 0 aliphatic rings. The Morgan fingerprint density at radius 1 is 1.36 bits per heavy atom. The topological polar surface area (TPSA) is 84.5 Å². The summed E-state index contributed by atoms with van der Waals surface area (Å²) in [6, 6.07) is 2.44. The van der Waals surface area contributed by atoms with E-state index in [0.29, 0.717) is 6.54 Å². The molecule has 0 heterocycles. The molecule has 0 aliphatic heterocycles. The van der Waals surface area contributed by atoms with Gasteiger partial charge in [0.05, 0.1) is 10.6 Å². The number of halogens is 2. The van der Waals surface area contributed by atoms with E-state index in [1.54, 1.807) is 6.92 Å². The molecule has 6 nitrogen and oxygen atoms in total. The quantitative estimate of drug-likeness (QED) is 0.769. The molecule has 0 saturated carbocycles. The summed E-state index contributed by atoms with van der Waals surface area (Å²) in [5, 5.41) is 4.80. The van der Waals surface area contributed by atoms with Gasteiger partial charge in [0, 0.05) is 6.54 Å². The van der Waals surface area contributed by atoms with Crippen molar-refractivity contribution in [1.29, 1.82) is 0 Å². The van der Waals surface area contributed by atoms with Gasteiger partial charge in [-0.3, -0.25) is 9.59 Å². The highest BCUT2D eigenvalue weighted by atomic mass is 35.5. The lowest BCUT2D eigenvalue weighted by Crippen LogP contribution is -2.46. The predicted octanol–water partition coefficient (Wildman–Crippen LogP) is 1.28. The number of hydrogen-bond acceptors (Lipinski definition) is 4. The van der Waals surface area contributed by atoms with Gasteiger partial charge in [0.25, 0.3) is 5.91 Å². The van der Waals surface area contributed by atoms with Crippen molar-refractivity contribution in [2.24, 2.45) is 0 Å². The number of hydrogen-bond donors (Lipinski definition) is 2. The lowest BCUT2D eigenvalue weighted by molar-refractivity contribution is -0.130. The predicted molar refractivity (Wildman–Crippen MR) is 78.0 cm³/mol. The fourth-order valence-corrected chi connectivity index (χ4v) is 1.78. The van der Waals surface area contributed by atoms with E-state index < -0.39 is 30.3 Å². The van der Waals surface area contributed by atoms with Crippen molar-refractivity contribution >= 4 is 29.4 Å². The van der Waals surface area contributed by atoms with Crippen molar-refractivity contribution in [1.82, 2.24) is 10.6 Å². The van der Waals surface area contributed by atoms with Gasteiger partial charge < -0.3 is 15.4 Å². The van der Waals surface area contributed by atoms with E-state index in [1.165, 1.54) is 6.92 Å². The molecule has 2 amide bonds. The number of ether oxygens (including phenoxy) is 1. The lowest BCUT2D eigenvalue weighted by Gasteiger charge is -2.13. The van der Waals surface area contributed by atoms with Crippen LogP contribution >= 0.6 is 11.6 Å². The van der Waals surface area contributed by atoms with Crippen molar-refractivity contribution in [2.75, 3.05) is 13.2 Å². The van der Waals surface area contributed by atoms with Crippen LogP contribution in [0.5, 0.6) is 0 Å². The third-order valence-corrected chi connectivity index (χ3v) is 2.92. The molecule has 0 fully saturated rings. The number of amides is 2. The molecule has 1 aromatic rings. The van der Waals surface area contributed by atoms with Gasteiger partial charge in [-0.25, -0.2) is 9.18 Å². The van der Waals surface area contributed by atoms with Crippen LogP contribution in [0.25, 0.3) is 0 Å². The van der Waals surface area contributed by atoms with Crippen molar-refractivity contribution in [3.05, 3.63) is 34.6 Å². The number of carbonyl (C=O) groups is 3. The fourth-order valence-electron chi connectivity index (χ4n) is 1.54. The fraction of sp³-hybridized carbons (Fsp3) is 0.357. The highest BCUT2D eigenvalue weighted by Crippen LogP contribution is 2.17. The van der Waals surface area contributed by atoms with Gasteiger partial charge in [-0.05, 0) is 32.0 Å². The highest BCUT2D eigenvalue weighted by molar-refractivity contribution is 6.33. The normalized spacial score (nSPS) is 11.5. The van der Waals surface area contributed by atoms with Gasteiger partial charge >= 0.3 is 5.97 Å². The van der Waals surface area contributed by atoms with Crippen LogP contribution in [-0.4, -0.2) is 37.0 Å². The maximum atomic E-state index is 12.9. The molecule has 0 aromatic heterocycles. The zero-order chi connectivity index (χ0) is 16.7. The van der Waals surface area contributed by atoms with Crippen LogP contribution in [-0.2, 0) is 14.3 Å². The molecule has 0 unspecified atom stereocenters. The van der Waals surface area contributed by atoms with Gasteiger partial charge in [-0.1, -0.05) is 11.6 Å². The third kappa shape index (κ3) is 5.33. The second-order valence-corrected chi connectivity index (χ2v) is 4.79. The van der Waals surface area contributed by atoms with E-state index in [2.05, 4.69) is 10.6 Å². The molecule has 120 valence electrons. The Morgan fingerprint density at radius 3 is 2.64 bits per heavy atom. The average Bonchev–Trinajstić information content (AvgIpc) is 2.45. The Bertz CT molecular complexity index is 580. The third-order valence-electron chi connectivity index (χ3n) is 2.61. The molecule has 2 N–H and O–H groups in total. The first-order chi connectivity index (χ1) is 10.3. The van der Waals surface area contributed by atoms with Gasteiger partial charge in [-0.2, -0.15) is 0 Å².